The van der Waals surface area contributed by atoms with Crippen LogP contribution in [0.1, 0.15) is 74.8 Å². The van der Waals surface area contributed by atoms with Crippen molar-refractivity contribution in [1.82, 2.24) is 4.98 Å². The van der Waals surface area contributed by atoms with E-state index in [1.165, 1.54) is 5.56 Å². The zero-order chi connectivity index (χ0) is 17.5. The van der Waals surface area contributed by atoms with Crippen molar-refractivity contribution in [2.75, 3.05) is 13.2 Å². The molecule has 0 aliphatic heterocycles. The van der Waals surface area contributed by atoms with E-state index in [0.29, 0.717) is 43.4 Å². The zero-order valence-electron chi connectivity index (χ0n) is 14.9. The van der Waals surface area contributed by atoms with Crippen molar-refractivity contribution in [2.24, 2.45) is 0 Å². The SMILES string of the molecule is CCOC(=O)CCCOc1nc(C(C)C)c2c(c1C#N)CCCC2. The molecule has 0 radical (unpaired) electrons. The first-order valence-electron chi connectivity index (χ1n) is 8.82. The topological polar surface area (TPSA) is 72.2 Å². The minimum atomic E-state index is -0.220. The van der Waals surface area contributed by atoms with Gasteiger partial charge in [-0.3, -0.25) is 4.79 Å². The quantitative estimate of drug-likeness (QED) is 0.563. The third kappa shape index (κ3) is 4.25. The molecule has 1 aromatic rings. The van der Waals surface area contributed by atoms with E-state index >= 15 is 0 Å². The lowest BCUT2D eigenvalue weighted by Crippen LogP contribution is -2.15. The Bertz CT molecular complexity index is 632. The van der Waals surface area contributed by atoms with Gasteiger partial charge in [-0.1, -0.05) is 13.8 Å². The maximum absolute atomic E-state index is 11.4. The summed E-state index contributed by atoms with van der Waals surface area (Å²) in [5, 5.41) is 9.57. The van der Waals surface area contributed by atoms with Crippen molar-refractivity contribution in [3.8, 4) is 11.9 Å². The average Bonchev–Trinajstić information content (AvgIpc) is 2.57. The van der Waals surface area contributed by atoms with E-state index in [4.69, 9.17) is 9.47 Å². The minimum Gasteiger partial charge on any atom is -0.477 e. The first-order chi connectivity index (χ1) is 11.6. The fourth-order valence-electron chi connectivity index (χ4n) is 3.14. The molecule has 24 heavy (non-hydrogen) atoms. The molecule has 0 saturated heterocycles. The summed E-state index contributed by atoms with van der Waals surface area (Å²) in [6.45, 7) is 6.78. The standard InChI is InChI=1S/C19H26N2O3/c1-4-23-17(22)10-7-11-24-19-16(12-20)14-8-5-6-9-15(14)18(21-19)13(2)3/h13H,4-11H2,1-3H3. The number of carbonyl (C=O) groups excluding carboxylic acids is 1. The second-order valence-corrected chi connectivity index (χ2v) is 6.36. The normalized spacial score (nSPS) is 13.3. The highest BCUT2D eigenvalue weighted by Crippen LogP contribution is 2.34. The molecule has 0 spiro atoms. The van der Waals surface area contributed by atoms with Gasteiger partial charge in [0.2, 0.25) is 5.88 Å². The van der Waals surface area contributed by atoms with Crippen molar-refractivity contribution in [3.05, 3.63) is 22.4 Å². The van der Waals surface area contributed by atoms with Crippen LogP contribution in [0.4, 0.5) is 0 Å². The Balaban J connectivity index is 2.15. The van der Waals surface area contributed by atoms with Gasteiger partial charge in [0, 0.05) is 6.42 Å². The molecule has 0 atom stereocenters. The van der Waals surface area contributed by atoms with E-state index in [-0.39, 0.29) is 5.97 Å². The number of fused-ring (bicyclic) bond motifs is 1. The highest BCUT2D eigenvalue weighted by Gasteiger charge is 2.24. The van der Waals surface area contributed by atoms with E-state index in [1.807, 2.05) is 0 Å². The van der Waals surface area contributed by atoms with Crippen LogP contribution in [0.5, 0.6) is 5.88 Å². The molecular formula is C19H26N2O3. The van der Waals surface area contributed by atoms with Crippen molar-refractivity contribution in [1.29, 1.82) is 5.26 Å². The highest BCUT2D eigenvalue weighted by atomic mass is 16.5. The third-order valence-corrected chi connectivity index (χ3v) is 4.24. The number of carbonyl (C=O) groups is 1. The molecule has 130 valence electrons. The molecule has 0 fully saturated rings. The number of nitrogens with zero attached hydrogens (tertiary/aromatic N) is 2. The molecule has 0 N–H and O–H groups in total. The Labute approximate surface area is 144 Å². The number of hydrogen-bond donors (Lipinski definition) is 0. The molecule has 5 heteroatoms. The van der Waals surface area contributed by atoms with E-state index in [1.54, 1.807) is 6.92 Å². The predicted octanol–water partition coefficient (Wildman–Crippen LogP) is 3.68. The fourth-order valence-corrected chi connectivity index (χ4v) is 3.14. The lowest BCUT2D eigenvalue weighted by atomic mass is 9.85. The van der Waals surface area contributed by atoms with Crippen LogP contribution in [-0.4, -0.2) is 24.2 Å². The van der Waals surface area contributed by atoms with Crippen LogP contribution in [0, 0.1) is 11.3 Å². The van der Waals surface area contributed by atoms with Crippen molar-refractivity contribution >= 4 is 5.97 Å². The first kappa shape index (κ1) is 18.3. The number of hydrogen-bond acceptors (Lipinski definition) is 5. The second kappa shape index (κ2) is 8.68. The highest BCUT2D eigenvalue weighted by molar-refractivity contribution is 5.69. The smallest absolute Gasteiger partial charge is 0.305 e. The van der Waals surface area contributed by atoms with Crippen molar-refractivity contribution in [2.45, 2.75) is 65.2 Å². The van der Waals surface area contributed by atoms with Gasteiger partial charge < -0.3 is 9.47 Å². The summed E-state index contributed by atoms with van der Waals surface area (Å²) in [5.41, 5.74) is 3.98. The van der Waals surface area contributed by atoms with Crippen LogP contribution in [0.3, 0.4) is 0 Å². The maximum Gasteiger partial charge on any atom is 0.305 e. The molecule has 1 aliphatic rings. The predicted molar refractivity (Wildman–Crippen MR) is 91.0 cm³/mol. The second-order valence-electron chi connectivity index (χ2n) is 6.36. The fraction of sp³-hybridized carbons (Fsp3) is 0.632. The Morgan fingerprint density at radius 2 is 2.00 bits per heavy atom. The van der Waals surface area contributed by atoms with E-state index in [0.717, 1.165) is 36.9 Å². The van der Waals surface area contributed by atoms with Crippen molar-refractivity contribution < 1.29 is 14.3 Å². The summed E-state index contributed by atoms with van der Waals surface area (Å²) in [6.07, 6.45) is 5.04. The molecule has 0 amide bonds. The van der Waals surface area contributed by atoms with Gasteiger partial charge in [0.1, 0.15) is 11.6 Å². The zero-order valence-corrected chi connectivity index (χ0v) is 14.9. The van der Waals surface area contributed by atoms with Crippen LogP contribution in [-0.2, 0) is 22.4 Å². The van der Waals surface area contributed by atoms with Crippen LogP contribution in [0.25, 0.3) is 0 Å². The number of ether oxygens (including phenoxy) is 2. The third-order valence-electron chi connectivity index (χ3n) is 4.24. The average molecular weight is 330 g/mol. The minimum absolute atomic E-state index is 0.220. The van der Waals surface area contributed by atoms with Gasteiger partial charge in [-0.15, -0.1) is 0 Å². The molecule has 1 aliphatic carbocycles. The number of rotatable bonds is 7. The Morgan fingerprint density at radius 1 is 1.29 bits per heavy atom. The summed E-state index contributed by atoms with van der Waals surface area (Å²) >= 11 is 0. The molecule has 5 nitrogen and oxygen atoms in total. The Morgan fingerprint density at radius 3 is 2.62 bits per heavy atom. The van der Waals surface area contributed by atoms with Crippen molar-refractivity contribution in [3.63, 3.8) is 0 Å². The summed E-state index contributed by atoms with van der Waals surface area (Å²) in [5.74, 6) is 0.500. The summed E-state index contributed by atoms with van der Waals surface area (Å²) in [7, 11) is 0. The number of esters is 1. The first-order valence-corrected chi connectivity index (χ1v) is 8.82. The molecule has 0 unspecified atom stereocenters. The van der Waals surface area contributed by atoms with Gasteiger partial charge in [0.15, 0.2) is 0 Å². The summed E-state index contributed by atoms with van der Waals surface area (Å²) < 4.78 is 10.7. The van der Waals surface area contributed by atoms with Gasteiger partial charge in [0.05, 0.1) is 18.9 Å². The maximum atomic E-state index is 11.4. The number of pyridine rings is 1. The number of aromatic nitrogens is 1. The molecule has 0 aromatic carbocycles. The van der Waals surface area contributed by atoms with Gasteiger partial charge >= 0.3 is 5.97 Å². The number of nitriles is 1. The van der Waals surface area contributed by atoms with Crippen LogP contribution in [0.2, 0.25) is 0 Å². The van der Waals surface area contributed by atoms with Gasteiger partial charge in [-0.2, -0.15) is 5.26 Å². The molecule has 1 heterocycles. The van der Waals surface area contributed by atoms with Crippen LogP contribution >= 0.6 is 0 Å². The molecule has 1 aromatic heterocycles. The monoisotopic (exact) mass is 330 g/mol. The Hall–Kier alpha value is -2.09. The van der Waals surface area contributed by atoms with Gasteiger partial charge in [0.25, 0.3) is 0 Å². The van der Waals surface area contributed by atoms with Gasteiger partial charge in [-0.05, 0) is 56.1 Å². The Kier molecular flexibility index (Phi) is 6.60. The van der Waals surface area contributed by atoms with E-state index in [2.05, 4.69) is 24.9 Å². The van der Waals surface area contributed by atoms with Crippen LogP contribution < -0.4 is 4.74 Å². The largest absolute Gasteiger partial charge is 0.477 e. The lowest BCUT2D eigenvalue weighted by Gasteiger charge is -2.23. The van der Waals surface area contributed by atoms with E-state index < -0.39 is 0 Å². The molecule has 0 bridgehead atoms. The summed E-state index contributed by atoms with van der Waals surface area (Å²) in [4.78, 5) is 16.0. The van der Waals surface area contributed by atoms with Crippen LogP contribution in [0.15, 0.2) is 0 Å². The van der Waals surface area contributed by atoms with E-state index in [9.17, 15) is 10.1 Å². The van der Waals surface area contributed by atoms with Gasteiger partial charge in [-0.25, -0.2) is 4.98 Å². The lowest BCUT2D eigenvalue weighted by molar-refractivity contribution is -0.143. The molecular weight excluding hydrogens is 304 g/mol. The molecule has 2 rings (SSSR count). The molecule has 0 saturated carbocycles. The summed E-state index contributed by atoms with van der Waals surface area (Å²) in [6, 6.07) is 2.28.